The second kappa shape index (κ2) is 5.32. The van der Waals surface area contributed by atoms with Gasteiger partial charge < -0.3 is 5.32 Å². The highest BCUT2D eigenvalue weighted by Crippen LogP contribution is 2.15. The highest BCUT2D eigenvalue weighted by Gasteiger charge is 2.08. The molecular weight excluding hydrogens is 194 g/mol. The molecule has 0 aliphatic rings. The van der Waals surface area contributed by atoms with Crippen molar-refractivity contribution in [1.82, 2.24) is 15.3 Å². The maximum atomic E-state index is 4.46. The first-order valence-electron chi connectivity index (χ1n) is 4.67. The second-order valence-corrected chi connectivity index (χ2v) is 4.14. The molecule has 4 heteroatoms. The van der Waals surface area contributed by atoms with Crippen LogP contribution in [0.15, 0.2) is 6.20 Å². The first kappa shape index (κ1) is 11.5. The number of nitrogens with one attached hydrogen (secondary N) is 1. The Balaban J connectivity index is 2.89. The average Bonchev–Trinajstić information content (AvgIpc) is 2.17. The quantitative estimate of drug-likeness (QED) is 0.826. The molecule has 1 aromatic rings. The lowest BCUT2D eigenvalue weighted by atomic mass is 10.1. The highest BCUT2D eigenvalue weighted by atomic mass is 32.2. The van der Waals surface area contributed by atoms with Crippen LogP contribution in [-0.4, -0.2) is 23.3 Å². The second-order valence-electron chi connectivity index (χ2n) is 3.27. The van der Waals surface area contributed by atoms with E-state index in [-0.39, 0.29) is 0 Å². The Morgan fingerprint density at radius 2 is 2.29 bits per heavy atom. The summed E-state index contributed by atoms with van der Waals surface area (Å²) in [5.41, 5.74) is 2.25. The molecular formula is C10H17N3S. The molecule has 0 radical (unpaired) electrons. The van der Waals surface area contributed by atoms with Crippen LogP contribution in [0.1, 0.15) is 30.0 Å². The molecule has 0 amide bonds. The third-order valence-electron chi connectivity index (χ3n) is 2.24. The van der Waals surface area contributed by atoms with Gasteiger partial charge in [0.1, 0.15) is 5.82 Å². The first-order chi connectivity index (χ1) is 6.69. The van der Waals surface area contributed by atoms with E-state index in [9.17, 15) is 0 Å². The van der Waals surface area contributed by atoms with Gasteiger partial charge in [-0.1, -0.05) is 0 Å². The van der Waals surface area contributed by atoms with Gasteiger partial charge in [-0.3, -0.25) is 0 Å². The van der Waals surface area contributed by atoms with Crippen molar-refractivity contribution in [3.8, 4) is 0 Å². The summed E-state index contributed by atoms with van der Waals surface area (Å²) in [6.07, 6.45) is 3.98. The normalized spacial score (nSPS) is 12.9. The summed E-state index contributed by atoms with van der Waals surface area (Å²) in [4.78, 5) is 8.79. The zero-order valence-corrected chi connectivity index (χ0v) is 9.98. The zero-order chi connectivity index (χ0) is 10.6. The maximum Gasteiger partial charge on any atom is 0.138 e. The molecule has 0 saturated heterocycles. The number of hydrogen-bond acceptors (Lipinski definition) is 4. The van der Waals surface area contributed by atoms with E-state index >= 15 is 0 Å². The number of nitrogens with zero attached hydrogens (tertiary/aromatic N) is 2. The Bertz CT molecular complexity index is 301. The summed E-state index contributed by atoms with van der Waals surface area (Å²) in [5.74, 6) is 1.80. The molecule has 0 aliphatic heterocycles. The van der Waals surface area contributed by atoms with Gasteiger partial charge in [0.25, 0.3) is 0 Å². The third-order valence-corrected chi connectivity index (χ3v) is 2.79. The minimum atomic E-state index is 0.318. The van der Waals surface area contributed by atoms with Crippen molar-refractivity contribution in [3.63, 3.8) is 0 Å². The van der Waals surface area contributed by atoms with Crippen LogP contribution in [0.5, 0.6) is 0 Å². The van der Waals surface area contributed by atoms with E-state index in [1.807, 2.05) is 20.2 Å². The highest BCUT2D eigenvalue weighted by molar-refractivity contribution is 7.97. The van der Waals surface area contributed by atoms with Gasteiger partial charge in [-0.25, -0.2) is 9.97 Å². The minimum absolute atomic E-state index is 0.318. The summed E-state index contributed by atoms with van der Waals surface area (Å²) in [5, 5.41) is 3.19. The molecule has 1 atom stereocenters. The molecule has 1 N–H and O–H groups in total. The van der Waals surface area contributed by atoms with E-state index in [0.717, 1.165) is 17.3 Å². The summed E-state index contributed by atoms with van der Waals surface area (Å²) in [6.45, 7) is 4.15. The van der Waals surface area contributed by atoms with E-state index in [2.05, 4.69) is 28.5 Å². The summed E-state index contributed by atoms with van der Waals surface area (Å²) in [7, 11) is 1.94. The fourth-order valence-electron chi connectivity index (χ4n) is 1.30. The van der Waals surface area contributed by atoms with E-state index in [4.69, 9.17) is 0 Å². The Kier molecular flexibility index (Phi) is 4.35. The number of thioether (sulfide) groups is 1. The molecule has 78 valence electrons. The number of aryl methyl sites for hydroxylation is 1. The average molecular weight is 211 g/mol. The standard InChI is InChI=1S/C10H17N3S/c1-7(11-3)9-5-12-10(6-14-4)13-8(9)2/h5,7,11H,6H2,1-4H3. The molecule has 0 aliphatic carbocycles. The van der Waals surface area contributed by atoms with Crippen molar-refractivity contribution in [1.29, 1.82) is 0 Å². The Morgan fingerprint density at radius 3 is 2.79 bits per heavy atom. The van der Waals surface area contributed by atoms with Crippen molar-refractivity contribution in [2.24, 2.45) is 0 Å². The van der Waals surface area contributed by atoms with E-state index in [1.165, 1.54) is 5.56 Å². The fraction of sp³-hybridized carbons (Fsp3) is 0.600. The van der Waals surface area contributed by atoms with Gasteiger partial charge in [0.2, 0.25) is 0 Å². The predicted octanol–water partition coefficient (Wildman–Crippen LogP) is 1.93. The van der Waals surface area contributed by atoms with Crippen LogP contribution in [-0.2, 0) is 5.75 Å². The lowest BCUT2D eigenvalue weighted by Gasteiger charge is -2.12. The molecule has 14 heavy (non-hydrogen) atoms. The lowest BCUT2D eigenvalue weighted by molar-refractivity contribution is 0.639. The molecule has 1 unspecified atom stereocenters. The van der Waals surface area contributed by atoms with Gasteiger partial charge in [-0.15, -0.1) is 0 Å². The van der Waals surface area contributed by atoms with Crippen LogP contribution in [0.3, 0.4) is 0 Å². The molecule has 3 nitrogen and oxygen atoms in total. The number of rotatable bonds is 4. The van der Waals surface area contributed by atoms with Crippen LogP contribution in [0.2, 0.25) is 0 Å². The van der Waals surface area contributed by atoms with Gasteiger partial charge in [-0.05, 0) is 27.2 Å². The van der Waals surface area contributed by atoms with Gasteiger partial charge in [0.15, 0.2) is 0 Å². The minimum Gasteiger partial charge on any atom is -0.313 e. The lowest BCUT2D eigenvalue weighted by Crippen LogP contribution is -2.15. The van der Waals surface area contributed by atoms with E-state index < -0.39 is 0 Å². The maximum absolute atomic E-state index is 4.46. The van der Waals surface area contributed by atoms with Crippen molar-refractivity contribution < 1.29 is 0 Å². The molecule has 0 fully saturated rings. The molecule has 0 aromatic carbocycles. The van der Waals surface area contributed by atoms with Gasteiger partial charge in [-0.2, -0.15) is 11.8 Å². The van der Waals surface area contributed by atoms with Crippen molar-refractivity contribution in [2.45, 2.75) is 25.6 Å². The van der Waals surface area contributed by atoms with Crippen LogP contribution in [0.25, 0.3) is 0 Å². The summed E-state index contributed by atoms with van der Waals surface area (Å²) < 4.78 is 0. The van der Waals surface area contributed by atoms with Crippen LogP contribution < -0.4 is 5.32 Å². The van der Waals surface area contributed by atoms with Crippen LogP contribution in [0.4, 0.5) is 0 Å². The molecule has 1 heterocycles. The number of aromatic nitrogens is 2. The van der Waals surface area contributed by atoms with Crippen molar-refractivity contribution in [2.75, 3.05) is 13.3 Å². The van der Waals surface area contributed by atoms with Gasteiger partial charge in [0.05, 0.1) is 5.75 Å². The predicted molar refractivity (Wildman–Crippen MR) is 61.5 cm³/mol. The fourth-order valence-corrected chi connectivity index (χ4v) is 1.70. The van der Waals surface area contributed by atoms with Crippen molar-refractivity contribution in [3.05, 3.63) is 23.3 Å². The molecule has 0 spiro atoms. The largest absolute Gasteiger partial charge is 0.313 e. The van der Waals surface area contributed by atoms with Gasteiger partial charge >= 0.3 is 0 Å². The SMILES string of the molecule is CNC(C)c1cnc(CSC)nc1C. The summed E-state index contributed by atoms with van der Waals surface area (Å²) in [6, 6.07) is 0.318. The van der Waals surface area contributed by atoms with Crippen LogP contribution in [0, 0.1) is 6.92 Å². The molecule has 1 rings (SSSR count). The topological polar surface area (TPSA) is 37.8 Å². The molecule has 0 bridgehead atoms. The Hall–Kier alpha value is -0.610. The zero-order valence-electron chi connectivity index (χ0n) is 9.16. The Labute approximate surface area is 89.7 Å². The smallest absolute Gasteiger partial charge is 0.138 e. The summed E-state index contributed by atoms with van der Waals surface area (Å²) >= 11 is 1.74. The molecule has 1 aromatic heterocycles. The van der Waals surface area contributed by atoms with Crippen LogP contribution >= 0.6 is 11.8 Å². The third kappa shape index (κ3) is 2.69. The van der Waals surface area contributed by atoms with Crippen molar-refractivity contribution >= 4 is 11.8 Å². The van der Waals surface area contributed by atoms with E-state index in [1.54, 1.807) is 11.8 Å². The monoisotopic (exact) mass is 211 g/mol. The number of hydrogen-bond donors (Lipinski definition) is 1. The van der Waals surface area contributed by atoms with E-state index in [0.29, 0.717) is 6.04 Å². The Morgan fingerprint density at radius 1 is 1.57 bits per heavy atom. The van der Waals surface area contributed by atoms with Gasteiger partial charge in [0, 0.05) is 23.5 Å². The molecule has 0 saturated carbocycles. The first-order valence-corrected chi connectivity index (χ1v) is 6.07.